The summed E-state index contributed by atoms with van der Waals surface area (Å²) in [4.78, 5) is 11.7. The van der Waals surface area contributed by atoms with Gasteiger partial charge in [-0.25, -0.2) is 13.2 Å². The van der Waals surface area contributed by atoms with Gasteiger partial charge in [0, 0.05) is 11.4 Å². The summed E-state index contributed by atoms with van der Waals surface area (Å²) < 4.78 is 27.4. The van der Waals surface area contributed by atoms with E-state index in [4.69, 9.17) is 10.5 Å². The highest BCUT2D eigenvalue weighted by atomic mass is 32.2. The third-order valence-electron chi connectivity index (χ3n) is 2.55. The van der Waals surface area contributed by atoms with E-state index in [0.29, 0.717) is 11.3 Å². The van der Waals surface area contributed by atoms with Gasteiger partial charge in [0.15, 0.2) is 9.84 Å². The smallest absolute Gasteiger partial charge is 0.338 e. The third-order valence-corrected chi connectivity index (χ3v) is 4.22. The summed E-state index contributed by atoms with van der Waals surface area (Å²) in [5, 5.41) is 0. The molecule has 0 bridgehead atoms. The van der Waals surface area contributed by atoms with Crippen LogP contribution < -0.4 is 5.73 Å². The van der Waals surface area contributed by atoms with Crippen molar-refractivity contribution < 1.29 is 17.9 Å². The highest BCUT2D eigenvalue weighted by Crippen LogP contribution is 2.13. The predicted molar refractivity (Wildman–Crippen MR) is 70.2 cm³/mol. The van der Waals surface area contributed by atoms with Crippen LogP contribution in [0, 0.1) is 6.92 Å². The van der Waals surface area contributed by atoms with Crippen LogP contribution in [-0.2, 0) is 14.6 Å². The second-order valence-corrected chi connectivity index (χ2v) is 6.42. The molecule has 0 unspecified atom stereocenters. The molecule has 5 nitrogen and oxygen atoms in total. The zero-order valence-corrected chi connectivity index (χ0v) is 11.3. The Bertz CT molecular complexity index is 537. The zero-order chi connectivity index (χ0) is 13.8. The highest BCUT2D eigenvalue weighted by Gasteiger charge is 2.13. The van der Waals surface area contributed by atoms with Crippen LogP contribution in [0.5, 0.6) is 0 Å². The number of hydrogen-bond acceptors (Lipinski definition) is 5. The number of rotatable bonds is 5. The van der Waals surface area contributed by atoms with Gasteiger partial charge in [0.1, 0.15) is 6.61 Å². The molecule has 0 saturated carbocycles. The molecule has 0 aliphatic heterocycles. The van der Waals surface area contributed by atoms with Gasteiger partial charge in [-0.1, -0.05) is 13.0 Å². The van der Waals surface area contributed by atoms with E-state index >= 15 is 0 Å². The Morgan fingerprint density at radius 1 is 1.39 bits per heavy atom. The number of carbonyl (C=O) groups excluding carboxylic acids is 1. The highest BCUT2D eigenvalue weighted by molar-refractivity contribution is 7.91. The molecule has 0 aromatic heterocycles. The SMILES string of the molecule is CCS(=O)(=O)CCOC(=O)c1cc(N)ccc1C. The quantitative estimate of drug-likeness (QED) is 0.641. The first-order chi connectivity index (χ1) is 8.35. The minimum atomic E-state index is -3.12. The van der Waals surface area contributed by atoms with Crippen molar-refractivity contribution in [1.82, 2.24) is 0 Å². The van der Waals surface area contributed by atoms with Crippen molar-refractivity contribution in [2.24, 2.45) is 0 Å². The van der Waals surface area contributed by atoms with Gasteiger partial charge in [-0.2, -0.15) is 0 Å². The van der Waals surface area contributed by atoms with Crippen LogP contribution in [0.4, 0.5) is 5.69 Å². The molecular formula is C12H17NO4S. The minimum absolute atomic E-state index is 0.0435. The van der Waals surface area contributed by atoms with Gasteiger partial charge in [-0.15, -0.1) is 0 Å². The number of nitrogens with two attached hydrogens (primary N) is 1. The molecule has 0 atom stereocenters. The van der Waals surface area contributed by atoms with E-state index in [-0.39, 0.29) is 18.1 Å². The average molecular weight is 271 g/mol. The second-order valence-electron chi connectivity index (χ2n) is 3.95. The lowest BCUT2D eigenvalue weighted by molar-refractivity contribution is 0.0528. The van der Waals surface area contributed by atoms with Crippen molar-refractivity contribution in [2.75, 3.05) is 23.8 Å². The summed E-state index contributed by atoms with van der Waals surface area (Å²) in [5.41, 5.74) is 7.16. The van der Waals surface area contributed by atoms with Gasteiger partial charge < -0.3 is 10.5 Å². The Balaban J connectivity index is 2.64. The summed E-state index contributed by atoms with van der Waals surface area (Å²) in [6.07, 6.45) is 0. The van der Waals surface area contributed by atoms with Crippen molar-refractivity contribution in [3.63, 3.8) is 0 Å². The molecule has 0 saturated heterocycles. The number of benzene rings is 1. The van der Waals surface area contributed by atoms with Crippen molar-refractivity contribution in [3.8, 4) is 0 Å². The van der Waals surface area contributed by atoms with E-state index < -0.39 is 15.8 Å². The number of hydrogen-bond donors (Lipinski definition) is 1. The molecule has 0 aliphatic carbocycles. The van der Waals surface area contributed by atoms with Crippen molar-refractivity contribution in [2.45, 2.75) is 13.8 Å². The first-order valence-corrected chi connectivity index (χ1v) is 7.41. The Kier molecular flexibility index (Phi) is 4.72. The van der Waals surface area contributed by atoms with Crippen LogP contribution in [0.15, 0.2) is 18.2 Å². The fourth-order valence-corrected chi connectivity index (χ4v) is 1.97. The van der Waals surface area contributed by atoms with E-state index in [1.165, 1.54) is 6.07 Å². The Morgan fingerprint density at radius 2 is 2.06 bits per heavy atom. The molecular weight excluding hydrogens is 254 g/mol. The number of anilines is 1. The van der Waals surface area contributed by atoms with Gasteiger partial charge in [0.05, 0.1) is 11.3 Å². The van der Waals surface area contributed by atoms with Crippen LogP contribution in [0.1, 0.15) is 22.8 Å². The second kappa shape index (κ2) is 5.86. The maximum atomic E-state index is 11.7. The molecule has 0 heterocycles. The monoisotopic (exact) mass is 271 g/mol. The van der Waals surface area contributed by atoms with Crippen LogP contribution >= 0.6 is 0 Å². The van der Waals surface area contributed by atoms with E-state index in [1.54, 1.807) is 26.0 Å². The molecule has 6 heteroatoms. The van der Waals surface area contributed by atoms with Crippen LogP contribution in [0.3, 0.4) is 0 Å². The lowest BCUT2D eigenvalue weighted by atomic mass is 10.1. The van der Waals surface area contributed by atoms with Gasteiger partial charge in [-0.05, 0) is 24.6 Å². The van der Waals surface area contributed by atoms with E-state index in [0.717, 1.165) is 5.56 Å². The first kappa shape index (κ1) is 14.5. The van der Waals surface area contributed by atoms with Crippen molar-refractivity contribution in [3.05, 3.63) is 29.3 Å². The maximum Gasteiger partial charge on any atom is 0.338 e. The molecule has 0 aliphatic rings. The summed E-state index contributed by atoms with van der Waals surface area (Å²) in [5.74, 6) is -0.663. The number of sulfone groups is 1. The van der Waals surface area contributed by atoms with Crippen LogP contribution in [0.25, 0.3) is 0 Å². The Hall–Kier alpha value is -1.56. The van der Waals surface area contributed by atoms with Crippen molar-refractivity contribution >= 4 is 21.5 Å². The van der Waals surface area contributed by atoms with E-state index in [1.807, 2.05) is 0 Å². The van der Waals surface area contributed by atoms with Gasteiger partial charge >= 0.3 is 5.97 Å². The van der Waals surface area contributed by atoms with E-state index in [9.17, 15) is 13.2 Å². The molecule has 100 valence electrons. The lowest BCUT2D eigenvalue weighted by Gasteiger charge is -2.07. The lowest BCUT2D eigenvalue weighted by Crippen LogP contribution is -2.17. The molecule has 0 amide bonds. The first-order valence-electron chi connectivity index (χ1n) is 5.59. The maximum absolute atomic E-state index is 11.7. The molecule has 0 radical (unpaired) electrons. The Labute approximate surface area is 107 Å². The number of aryl methyl sites for hydroxylation is 1. The number of ether oxygens (including phenoxy) is 1. The van der Waals surface area contributed by atoms with Gasteiger partial charge in [-0.3, -0.25) is 0 Å². The predicted octanol–water partition coefficient (Wildman–Crippen LogP) is 1.17. The van der Waals surface area contributed by atoms with Crippen LogP contribution in [0.2, 0.25) is 0 Å². The number of nitrogen functional groups attached to an aromatic ring is 1. The molecule has 18 heavy (non-hydrogen) atoms. The molecule has 2 N–H and O–H groups in total. The Morgan fingerprint density at radius 3 is 2.67 bits per heavy atom. The molecule has 1 aromatic rings. The third kappa shape index (κ3) is 4.03. The zero-order valence-electron chi connectivity index (χ0n) is 10.5. The van der Waals surface area contributed by atoms with Gasteiger partial charge in [0.2, 0.25) is 0 Å². The van der Waals surface area contributed by atoms with Crippen molar-refractivity contribution in [1.29, 1.82) is 0 Å². The molecule has 0 fully saturated rings. The number of esters is 1. The standard InChI is InChI=1S/C12H17NO4S/c1-3-18(15,16)7-6-17-12(14)11-8-10(13)5-4-9(11)2/h4-5,8H,3,6-7,13H2,1-2H3. The number of carbonyl (C=O) groups is 1. The topological polar surface area (TPSA) is 86.5 Å². The fourth-order valence-electron chi connectivity index (χ4n) is 1.34. The molecule has 0 spiro atoms. The summed E-state index contributed by atoms with van der Waals surface area (Å²) >= 11 is 0. The molecule has 1 rings (SSSR count). The largest absolute Gasteiger partial charge is 0.461 e. The summed E-state index contributed by atoms with van der Waals surface area (Å²) in [6.45, 7) is 3.18. The molecule has 1 aromatic carbocycles. The fraction of sp³-hybridized carbons (Fsp3) is 0.417. The van der Waals surface area contributed by atoms with Crippen LogP contribution in [-0.4, -0.2) is 32.5 Å². The van der Waals surface area contributed by atoms with E-state index in [2.05, 4.69) is 0 Å². The average Bonchev–Trinajstić information content (AvgIpc) is 2.32. The minimum Gasteiger partial charge on any atom is -0.461 e. The normalized spacial score (nSPS) is 11.2. The summed E-state index contributed by atoms with van der Waals surface area (Å²) in [7, 11) is -3.12. The van der Waals surface area contributed by atoms with Gasteiger partial charge in [0.25, 0.3) is 0 Å². The summed E-state index contributed by atoms with van der Waals surface area (Å²) in [6, 6.07) is 4.92.